The number of aryl methyl sites for hydroxylation is 1. The lowest BCUT2D eigenvalue weighted by molar-refractivity contribution is -0.157. The van der Waals surface area contributed by atoms with Crippen molar-refractivity contribution in [2.24, 2.45) is 5.41 Å². The molecule has 4 nitrogen and oxygen atoms in total. The molecule has 0 aliphatic rings. The summed E-state index contributed by atoms with van der Waals surface area (Å²) in [6.07, 6.45) is 0. The summed E-state index contributed by atoms with van der Waals surface area (Å²) in [5, 5.41) is 9.02. The second-order valence-corrected chi connectivity index (χ2v) is 5.08. The fraction of sp³-hybridized carbons (Fsp3) is 0.429. The summed E-state index contributed by atoms with van der Waals surface area (Å²) in [4.78, 5) is 24.5. The minimum absolute atomic E-state index is 0.393. The van der Waals surface area contributed by atoms with E-state index in [1.165, 1.54) is 18.7 Å². The Kier molecular flexibility index (Phi) is 4.11. The van der Waals surface area contributed by atoms with Crippen LogP contribution < -0.4 is 0 Å². The first kappa shape index (κ1) is 14.2. The molecule has 98 valence electrons. The molecule has 4 heteroatoms. The first-order valence-electron chi connectivity index (χ1n) is 5.79. The van der Waals surface area contributed by atoms with Gasteiger partial charge in [-0.25, -0.2) is 0 Å². The Morgan fingerprint density at radius 2 is 1.72 bits per heavy atom. The van der Waals surface area contributed by atoms with Gasteiger partial charge in [0.25, 0.3) is 0 Å². The minimum Gasteiger partial charge on any atom is -0.480 e. The highest BCUT2D eigenvalue weighted by Gasteiger charge is 2.38. The van der Waals surface area contributed by atoms with E-state index in [2.05, 4.69) is 0 Å². The van der Waals surface area contributed by atoms with Crippen molar-refractivity contribution >= 4 is 11.9 Å². The molecule has 1 aromatic rings. The standard InChI is InChI=1S/C14H19NO3/c1-10-5-7-11(8-6-10)9-15(4)12(16)14(2,3)13(17)18/h5-8H,9H2,1-4H3,(H,17,18). The normalized spacial score (nSPS) is 11.1. The molecule has 0 aliphatic heterocycles. The fourth-order valence-electron chi connectivity index (χ4n) is 1.61. The van der Waals surface area contributed by atoms with Crippen molar-refractivity contribution in [1.82, 2.24) is 4.90 Å². The van der Waals surface area contributed by atoms with E-state index in [0.29, 0.717) is 6.54 Å². The van der Waals surface area contributed by atoms with Crippen molar-refractivity contribution in [1.29, 1.82) is 0 Å². The Balaban J connectivity index is 2.77. The van der Waals surface area contributed by atoms with E-state index in [4.69, 9.17) is 5.11 Å². The van der Waals surface area contributed by atoms with Crippen LogP contribution in [0.3, 0.4) is 0 Å². The van der Waals surface area contributed by atoms with Gasteiger partial charge in [0.2, 0.25) is 5.91 Å². The van der Waals surface area contributed by atoms with Gasteiger partial charge in [0.15, 0.2) is 0 Å². The van der Waals surface area contributed by atoms with E-state index in [1.54, 1.807) is 7.05 Å². The molecule has 0 aromatic heterocycles. The van der Waals surface area contributed by atoms with Crippen molar-refractivity contribution in [2.75, 3.05) is 7.05 Å². The van der Waals surface area contributed by atoms with E-state index < -0.39 is 17.3 Å². The van der Waals surface area contributed by atoms with Gasteiger partial charge in [0, 0.05) is 13.6 Å². The Bertz CT molecular complexity index is 449. The van der Waals surface area contributed by atoms with Gasteiger partial charge in [-0.05, 0) is 26.3 Å². The van der Waals surface area contributed by atoms with Crippen LogP contribution in [-0.4, -0.2) is 28.9 Å². The highest BCUT2D eigenvalue weighted by Crippen LogP contribution is 2.19. The Hall–Kier alpha value is -1.84. The topological polar surface area (TPSA) is 57.6 Å². The van der Waals surface area contributed by atoms with Crippen molar-refractivity contribution < 1.29 is 14.7 Å². The van der Waals surface area contributed by atoms with Gasteiger partial charge in [-0.2, -0.15) is 0 Å². The summed E-state index contributed by atoms with van der Waals surface area (Å²) in [5.74, 6) is -1.50. The zero-order chi connectivity index (χ0) is 13.9. The maximum Gasteiger partial charge on any atom is 0.318 e. The van der Waals surface area contributed by atoms with E-state index in [0.717, 1.165) is 11.1 Å². The smallest absolute Gasteiger partial charge is 0.318 e. The summed E-state index contributed by atoms with van der Waals surface area (Å²) in [5.41, 5.74) is 0.746. The summed E-state index contributed by atoms with van der Waals surface area (Å²) >= 11 is 0. The number of hydrogen-bond acceptors (Lipinski definition) is 2. The number of carboxylic acids is 1. The highest BCUT2D eigenvalue weighted by molar-refractivity contribution is 6.00. The second-order valence-electron chi connectivity index (χ2n) is 5.08. The predicted octanol–water partition coefficient (Wildman–Crippen LogP) is 2.06. The number of benzene rings is 1. The van der Waals surface area contributed by atoms with Crippen LogP contribution in [0.15, 0.2) is 24.3 Å². The molecule has 0 heterocycles. The molecule has 1 amide bonds. The van der Waals surface area contributed by atoms with E-state index >= 15 is 0 Å². The summed E-state index contributed by atoms with van der Waals surface area (Å²) < 4.78 is 0. The molecule has 1 rings (SSSR count). The van der Waals surface area contributed by atoms with Crippen LogP contribution in [-0.2, 0) is 16.1 Å². The third-order valence-corrected chi connectivity index (χ3v) is 2.96. The highest BCUT2D eigenvalue weighted by atomic mass is 16.4. The number of carbonyl (C=O) groups excluding carboxylic acids is 1. The number of amides is 1. The molecule has 0 radical (unpaired) electrons. The van der Waals surface area contributed by atoms with Gasteiger partial charge < -0.3 is 10.0 Å². The molecular formula is C14H19NO3. The maximum atomic E-state index is 12.0. The molecule has 0 aliphatic carbocycles. The Morgan fingerprint density at radius 3 is 2.17 bits per heavy atom. The van der Waals surface area contributed by atoms with Crippen molar-refractivity contribution in [3.05, 3.63) is 35.4 Å². The largest absolute Gasteiger partial charge is 0.480 e. The monoisotopic (exact) mass is 249 g/mol. The lowest BCUT2D eigenvalue weighted by Crippen LogP contribution is -2.43. The summed E-state index contributed by atoms with van der Waals surface area (Å²) in [7, 11) is 1.62. The molecule has 0 saturated carbocycles. The SMILES string of the molecule is Cc1ccc(CN(C)C(=O)C(C)(C)C(=O)O)cc1. The zero-order valence-electron chi connectivity index (χ0n) is 11.2. The minimum atomic E-state index is -1.39. The van der Waals surface area contributed by atoms with E-state index in [-0.39, 0.29) is 0 Å². The van der Waals surface area contributed by atoms with Gasteiger partial charge in [0.1, 0.15) is 5.41 Å². The van der Waals surface area contributed by atoms with E-state index in [1.807, 2.05) is 31.2 Å². The molecule has 18 heavy (non-hydrogen) atoms. The van der Waals surface area contributed by atoms with Gasteiger partial charge in [-0.3, -0.25) is 9.59 Å². The number of aliphatic carboxylic acids is 1. The third-order valence-electron chi connectivity index (χ3n) is 2.96. The lowest BCUT2D eigenvalue weighted by atomic mass is 9.92. The van der Waals surface area contributed by atoms with Crippen molar-refractivity contribution in [3.8, 4) is 0 Å². The Labute approximate surface area is 107 Å². The molecule has 0 spiro atoms. The van der Waals surface area contributed by atoms with Gasteiger partial charge in [-0.1, -0.05) is 29.8 Å². The fourth-order valence-corrected chi connectivity index (χ4v) is 1.61. The number of nitrogens with zero attached hydrogens (tertiary/aromatic N) is 1. The molecule has 1 N–H and O–H groups in total. The van der Waals surface area contributed by atoms with Gasteiger partial charge in [0.05, 0.1) is 0 Å². The third kappa shape index (κ3) is 3.09. The van der Waals surface area contributed by atoms with Gasteiger partial charge >= 0.3 is 5.97 Å². The zero-order valence-corrected chi connectivity index (χ0v) is 11.2. The van der Waals surface area contributed by atoms with Crippen LogP contribution in [0.4, 0.5) is 0 Å². The quantitative estimate of drug-likeness (QED) is 0.831. The van der Waals surface area contributed by atoms with E-state index in [9.17, 15) is 9.59 Å². The first-order valence-corrected chi connectivity index (χ1v) is 5.79. The van der Waals surface area contributed by atoms with Crippen molar-refractivity contribution in [3.63, 3.8) is 0 Å². The predicted molar refractivity (Wildman–Crippen MR) is 69.1 cm³/mol. The maximum absolute atomic E-state index is 12.0. The molecule has 0 bridgehead atoms. The average molecular weight is 249 g/mol. The van der Waals surface area contributed by atoms with Crippen molar-refractivity contribution in [2.45, 2.75) is 27.3 Å². The van der Waals surface area contributed by atoms with Crippen LogP contribution >= 0.6 is 0 Å². The van der Waals surface area contributed by atoms with Crippen LogP contribution in [0.5, 0.6) is 0 Å². The number of hydrogen-bond donors (Lipinski definition) is 1. The van der Waals surface area contributed by atoms with Crippen LogP contribution in [0.2, 0.25) is 0 Å². The number of carboxylic acid groups (broad SMARTS) is 1. The first-order chi connectivity index (χ1) is 8.25. The Morgan fingerprint density at radius 1 is 1.22 bits per heavy atom. The number of carbonyl (C=O) groups is 2. The average Bonchev–Trinajstić information content (AvgIpc) is 2.30. The van der Waals surface area contributed by atoms with Crippen LogP contribution in [0.25, 0.3) is 0 Å². The summed E-state index contributed by atoms with van der Waals surface area (Å²) in [6.45, 7) is 5.24. The molecule has 0 fully saturated rings. The van der Waals surface area contributed by atoms with Crippen LogP contribution in [0, 0.1) is 12.3 Å². The van der Waals surface area contributed by atoms with Crippen LogP contribution in [0.1, 0.15) is 25.0 Å². The lowest BCUT2D eigenvalue weighted by Gasteiger charge is -2.26. The number of rotatable bonds is 4. The molecular weight excluding hydrogens is 230 g/mol. The summed E-state index contributed by atoms with van der Waals surface area (Å²) in [6, 6.07) is 7.81. The molecule has 0 unspecified atom stereocenters. The molecule has 1 aromatic carbocycles. The molecule has 0 saturated heterocycles. The van der Waals surface area contributed by atoms with Gasteiger partial charge in [-0.15, -0.1) is 0 Å². The second kappa shape index (κ2) is 5.21. The molecule has 0 atom stereocenters.